The van der Waals surface area contributed by atoms with Crippen molar-refractivity contribution in [3.8, 4) is 0 Å². The molecule has 0 saturated heterocycles. The van der Waals surface area contributed by atoms with Crippen LogP contribution in [0, 0.1) is 0 Å². The summed E-state index contributed by atoms with van der Waals surface area (Å²) in [4.78, 5) is 14.9. The van der Waals surface area contributed by atoms with Gasteiger partial charge in [-0.25, -0.2) is 4.79 Å². The van der Waals surface area contributed by atoms with Crippen LogP contribution in [-0.4, -0.2) is 22.8 Å². The summed E-state index contributed by atoms with van der Waals surface area (Å²) in [7, 11) is 0. The van der Waals surface area contributed by atoms with Gasteiger partial charge in [-0.3, -0.25) is 4.99 Å². The predicted octanol–water partition coefficient (Wildman–Crippen LogP) is 2.60. The zero-order valence-corrected chi connectivity index (χ0v) is 9.19. The summed E-state index contributed by atoms with van der Waals surface area (Å²) in [6, 6.07) is 6.65. The van der Waals surface area contributed by atoms with E-state index in [2.05, 4.69) is 4.99 Å². The van der Waals surface area contributed by atoms with Crippen molar-refractivity contribution in [1.29, 1.82) is 0 Å². The molecule has 1 aromatic carbocycles. The van der Waals surface area contributed by atoms with Crippen molar-refractivity contribution >= 4 is 12.2 Å². The van der Waals surface area contributed by atoms with Gasteiger partial charge in [-0.2, -0.15) is 0 Å². The minimum absolute atomic E-state index is 0.106. The molecule has 3 heteroatoms. The van der Waals surface area contributed by atoms with E-state index in [0.717, 1.165) is 5.56 Å². The largest absolute Gasteiger partial charge is 0.478 e. The second kappa shape index (κ2) is 4.26. The normalized spacial score (nSPS) is 11.9. The van der Waals surface area contributed by atoms with Crippen LogP contribution in [0.15, 0.2) is 29.3 Å². The molecule has 0 heterocycles. The van der Waals surface area contributed by atoms with Crippen LogP contribution in [0.4, 0.5) is 0 Å². The Labute approximate surface area is 89.5 Å². The summed E-state index contributed by atoms with van der Waals surface area (Å²) < 4.78 is 0. The Morgan fingerprint density at radius 2 is 1.80 bits per heavy atom. The molecule has 1 aromatic rings. The highest BCUT2D eigenvalue weighted by atomic mass is 16.4. The third-order valence-corrected chi connectivity index (χ3v) is 1.76. The first-order chi connectivity index (χ1) is 6.88. The van der Waals surface area contributed by atoms with Gasteiger partial charge >= 0.3 is 5.97 Å². The fourth-order valence-electron chi connectivity index (χ4n) is 0.980. The molecule has 3 nitrogen and oxygen atoms in total. The second-order valence-corrected chi connectivity index (χ2v) is 4.36. The lowest BCUT2D eigenvalue weighted by Crippen LogP contribution is -2.09. The summed E-state index contributed by atoms with van der Waals surface area (Å²) in [6.07, 6.45) is 1.76. The maximum Gasteiger partial charge on any atom is 0.335 e. The summed E-state index contributed by atoms with van der Waals surface area (Å²) in [5, 5.41) is 8.70. The molecule has 0 spiro atoms. The van der Waals surface area contributed by atoms with Crippen LogP contribution in [-0.2, 0) is 0 Å². The SMILES string of the molecule is CC(C)(C)N=Cc1ccc(C(=O)O)cc1. The second-order valence-electron chi connectivity index (χ2n) is 4.36. The van der Waals surface area contributed by atoms with E-state index in [1.807, 2.05) is 20.8 Å². The fraction of sp³-hybridized carbons (Fsp3) is 0.333. The van der Waals surface area contributed by atoms with E-state index in [-0.39, 0.29) is 5.54 Å². The topological polar surface area (TPSA) is 49.7 Å². The number of carboxylic acids is 1. The van der Waals surface area contributed by atoms with Gasteiger partial charge in [0.25, 0.3) is 0 Å². The molecule has 0 amide bonds. The molecule has 0 bridgehead atoms. The van der Waals surface area contributed by atoms with E-state index < -0.39 is 5.97 Å². The number of hydrogen-bond donors (Lipinski definition) is 1. The molecular formula is C12H15NO2. The summed E-state index contributed by atoms with van der Waals surface area (Å²) in [6.45, 7) is 6.03. The first-order valence-electron chi connectivity index (χ1n) is 4.77. The lowest BCUT2D eigenvalue weighted by atomic mass is 10.1. The maximum atomic E-state index is 10.6. The summed E-state index contributed by atoms with van der Waals surface area (Å²) in [5.41, 5.74) is 1.10. The smallest absolute Gasteiger partial charge is 0.335 e. The first kappa shape index (κ1) is 11.4. The molecule has 1 rings (SSSR count). The number of nitrogens with zero attached hydrogens (tertiary/aromatic N) is 1. The zero-order valence-electron chi connectivity index (χ0n) is 9.19. The van der Waals surface area contributed by atoms with Crippen LogP contribution in [0.1, 0.15) is 36.7 Å². The van der Waals surface area contributed by atoms with E-state index in [9.17, 15) is 4.79 Å². The highest BCUT2D eigenvalue weighted by Gasteiger charge is 2.05. The molecule has 0 aliphatic heterocycles. The molecule has 0 aliphatic carbocycles. The lowest BCUT2D eigenvalue weighted by Gasteiger charge is -2.10. The third-order valence-electron chi connectivity index (χ3n) is 1.76. The highest BCUT2D eigenvalue weighted by Crippen LogP contribution is 2.07. The molecule has 0 aromatic heterocycles. The third kappa shape index (κ3) is 3.94. The van der Waals surface area contributed by atoms with Gasteiger partial charge < -0.3 is 5.11 Å². The van der Waals surface area contributed by atoms with Gasteiger partial charge in [-0.05, 0) is 38.5 Å². The van der Waals surface area contributed by atoms with Crippen molar-refractivity contribution in [3.05, 3.63) is 35.4 Å². The van der Waals surface area contributed by atoms with E-state index >= 15 is 0 Å². The van der Waals surface area contributed by atoms with Crippen LogP contribution >= 0.6 is 0 Å². The number of carbonyl (C=O) groups is 1. The molecule has 0 aliphatic rings. The predicted molar refractivity (Wildman–Crippen MR) is 60.7 cm³/mol. The Balaban J connectivity index is 2.82. The van der Waals surface area contributed by atoms with Crippen molar-refractivity contribution in [2.45, 2.75) is 26.3 Å². The molecule has 0 fully saturated rings. The number of benzene rings is 1. The van der Waals surface area contributed by atoms with Gasteiger partial charge in [0, 0.05) is 6.21 Å². The number of rotatable bonds is 2. The molecular weight excluding hydrogens is 190 g/mol. The Hall–Kier alpha value is -1.64. The van der Waals surface area contributed by atoms with Crippen molar-refractivity contribution in [2.24, 2.45) is 4.99 Å². The zero-order chi connectivity index (χ0) is 11.5. The summed E-state index contributed by atoms with van der Waals surface area (Å²) >= 11 is 0. The standard InChI is InChI=1S/C12H15NO2/c1-12(2,3)13-8-9-4-6-10(7-5-9)11(14)15/h4-8H,1-3H3,(H,14,15). The van der Waals surface area contributed by atoms with E-state index in [4.69, 9.17) is 5.11 Å². The number of aromatic carboxylic acids is 1. The highest BCUT2D eigenvalue weighted by molar-refractivity contribution is 5.89. The lowest BCUT2D eigenvalue weighted by molar-refractivity contribution is 0.0697. The molecule has 0 saturated carbocycles. The molecule has 80 valence electrons. The number of hydrogen-bond acceptors (Lipinski definition) is 2. The van der Waals surface area contributed by atoms with Gasteiger partial charge in [-0.1, -0.05) is 12.1 Å². The Kier molecular flexibility index (Phi) is 3.24. The maximum absolute atomic E-state index is 10.6. The van der Waals surface area contributed by atoms with Crippen LogP contribution in [0.2, 0.25) is 0 Å². The van der Waals surface area contributed by atoms with E-state index in [1.54, 1.807) is 30.5 Å². The van der Waals surface area contributed by atoms with E-state index in [0.29, 0.717) is 5.56 Å². The van der Waals surface area contributed by atoms with Crippen molar-refractivity contribution in [3.63, 3.8) is 0 Å². The number of aliphatic imine (C=N–C) groups is 1. The molecule has 1 N–H and O–H groups in total. The van der Waals surface area contributed by atoms with Gasteiger partial charge in [-0.15, -0.1) is 0 Å². The van der Waals surface area contributed by atoms with Crippen LogP contribution in [0.25, 0.3) is 0 Å². The molecule has 0 atom stereocenters. The summed E-state index contributed by atoms with van der Waals surface area (Å²) in [5.74, 6) is -0.908. The average Bonchev–Trinajstić information content (AvgIpc) is 2.14. The van der Waals surface area contributed by atoms with Crippen LogP contribution < -0.4 is 0 Å². The van der Waals surface area contributed by atoms with Crippen molar-refractivity contribution in [2.75, 3.05) is 0 Å². The van der Waals surface area contributed by atoms with Gasteiger partial charge in [0.2, 0.25) is 0 Å². The monoisotopic (exact) mass is 205 g/mol. The molecule has 0 radical (unpaired) electrons. The minimum atomic E-state index is -0.908. The Bertz CT molecular complexity index is 372. The van der Waals surface area contributed by atoms with Gasteiger partial charge in [0.1, 0.15) is 0 Å². The van der Waals surface area contributed by atoms with Crippen LogP contribution in [0.5, 0.6) is 0 Å². The molecule has 15 heavy (non-hydrogen) atoms. The van der Waals surface area contributed by atoms with Crippen LogP contribution in [0.3, 0.4) is 0 Å². The minimum Gasteiger partial charge on any atom is -0.478 e. The Morgan fingerprint density at radius 3 is 2.20 bits per heavy atom. The van der Waals surface area contributed by atoms with Crippen molar-refractivity contribution < 1.29 is 9.90 Å². The fourth-order valence-corrected chi connectivity index (χ4v) is 0.980. The average molecular weight is 205 g/mol. The van der Waals surface area contributed by atoms with Gasteiger partial charge in [0.05, 0.1) is 11.1 Å². The Morgan fingerprint density at radius 1 is 1.27 bits per heavy atom. The van der Waals surface area contributed by atoms with E-state index in [1.165, 1.54) is 0 Å². The van der Waals surface area contributed by atoms with Crippen molar-refractivity contribution in [1.82, 2.24) is 0 Å². The van der Waals surface area contributed by atoms with Gasteiger partial charge in [0.15, 0.2) is 0 Å². The number of carboxylic acid groups (broad SMARTS) is 1. The first-order valence-corrected chi connectivity index (χ1v) is 4.77. The molecule has 0 unspecified atom stereocenters. The quantitative estimate of drug-likeness (QED) is 0.754.